The van der Waals surface area contributed by atoms with Crippen LogP contribution in [0, 0.1) is 0 Å². The molecule has 10 aromatic carbocycles. The zero-order valence-electron chi connectivity index (χ0n) is 31.7. The molecule has 272 valence electrons. The number of anilines is 3. The van der Waals surface area contributed by atoms with E-state index in [1.807, 2.05) is 0 Å². The molecular weight excluding hydrogens is 703 g/mol. The number of furan rings is 1. The maximum atomic E-state index is 6.93. The van der Waals surface area contributed by atoms with Gasteiger partial charge in [0.25, 0.3) is 0 Å². The Morgan fingerprint density at radius 2 is 0.655 bits per heavy atom. The van der Waals surface area contributed by atoms with Crippen LogP contribution < -0.4 is 4.90 Å². The van der Waals surface area contributed by atoms with Crippen molar-refractivity contribution in [2.24, 2.45) is 0 Å². The van der Waals surface area contributed by atoms with E-state index in [2.05, 4.69) is 229 Å². The third kappa shape index (κ3) is 5.74. The minimum absolute atomic E-state index is 0.868. The Kier molecular flexibility index (Phi) is 8.19. The van der Waals surface area contributed by atoms with Crippen molar-refractivity contribution >= 4 is 60.5 Å². The van der Waals surface area contributed by atoms with Crippen molar-refractivity contribution in [3.05, 3.63) is 224 Å². The Hall–Kier alpha value is -7.68. The van der Waals surface area contributed by atoms with E-state index in [-0.39, 0.29) is 0 Å². The van der Waals surface area contributed by atoms with E-state index in [1.165, 1.54) is 49.5 Å². The predicted molar refractivity (Wildman–Crippen MR) is 245 cm³/mol. The largest absolute Gasteiger partial charge is 0.455 e. The van der Waals surface area contributed by atoms with E-state index in [9.17, 15) is 0 Å². The first-order valence-electron chi connectivity index (χ1n) is 19.8. The summed E-state index contributed by atoms with van der Waals surface area (Å²) in [6.07, 6.45) is 0. The van der Waals surface area contributed by atoms with Crippen molar-refractivity contribution in [2.45, 2.75) is 0 Å². The van der Waals surface area contributed by atoms with Gasteiger partial charge in [0.1, 0.15) is 11.2 Å². The molecule has 0 aliphatic rings. The number of hydrogen-bond acceptors (Lipinski definition) is 2. The van der Waals surface area contributed by atoms with Gasteiger partial charge in [-0.1, -0.05) is 188 Å². The first kappa shape index (κ1) is 33.6. The SMILES string of the molecule is c1ccc(-c2ccc(-c3ccc(N(c4ccc(-c5ccccc5)cc4)c4ccc5oc6c7ccccc7c7ccccc7c6c5c4-c4ccccc4)cc3)cc2)cc1. The fourth-order valence-electron chi connectivity index (χ4n) is 8.71. The van der Waals surface area contributed by atoms with Gasteiger partial charge >= 0.3 is 0 Å². The fraction of sp³-hybridized carbons (Fsp3) is 0. The van der Waals surface area contributed by atoms with Gasteiger partial charge in [-0.2, -0.15) is 0 Å². The zero-order chi connectivity index (χ0) is 38.4. The second-order valence-electron chi connectivity index (χ2n) is 14.8. The predicted octanol–water partition coefficient (Wildman–Crippen LogP) is 16.0. The highest BCUT2D eigenvalue weighted by molar-refractivity contribution is 6.32. The average Bonchev–Trinajstić information content (AvgIpc) is 3.71. The van der Waals surface area contributed by atoms with Gasteiger partial charge in [0.15, 0.2) is 0 Å². The highest BCUT2D eigenvalue weighted by atomic mass is 16.3. The van der Waals surface area contributed by atoms with Crippen LogP contribution in [0.2, 0.25) is 0 Å². The minimum atomic E-state index is 0.868. The summed E-state index contributed by atoms with van der Waals surface area (Å²) in [5.41, 5.74) is 14.4. The zero-order valence-corrected chi connectivity index (χ0v) is 31.7. The van der Waals surface area contributed by atoms with Crippen molar-refractivity contribution in [1.82, 2.24) is 0 Å². The summed E-state index contributed by atoms with van der Waals surface area (Å²) < 4.78 is 6.93. The monoisotopic (exact) mass is 739 g/mol. The van der Waals surface area contributed by atoms with E-state index < -0.39 is 0 Å². The van der Waals surface area contributed by atoms with E-state index in [4.69, 9.17) is 4.42 Å². The fourth-order valence-corrected chi connectivity index (χ4v) is 8.71. The second-order valence-corrected chi connectivity index (χ2v) is 14.8. The second kappa shape index (κ2) is 14.1. The Morgan fingerprint density at radius 3 is 1.16 bits per heavy atom. The number of fused-ring (bicyclic) bond motifs is 8. The van der Waals surface area contributed by atoms with Crippen LogP contribution in [0.4, 0.5) is 17.1 Å². The molecule has 0 unspecified atom stereocenters. The van der Waals surface area contributed by atoms with Gasteiger partial charge in [0.05, 0.1) is 5.69 Å². The smallest absolute Gasteiger partial charge is 0.143 e. The topological polar surface area (TPSA) is 16.4 Å². The molecule has 0 saturated carbocycles. The molecule has 11 aromatic rings. The molecule has 2 nitrogen and oxygen atoms in total. The van der Waals surface area contributed by atoms with Gasteiger partial charge in [-0.15, -0.1) is 0 Å². The number of benzene rings is 10. The molecular formula is C56H37NO. The molecule has 0 radical (unpaired) electrons. The highest BCUT2D eigenvalue weighted by Crippen LogP contribution is 2.50. The van der Waals surface area contributed by atoms with Gasteiger partial charge in [-0.25, -0.2) is 0 Å². The number of rotatable bonds is 7. The molecule has 1 aromatic heterocycles. The summed E-state index contributed by atoms with van der Waals surface area (Å²) in [7, 11) is 0. The molecule has 1 heterocycles. The molecule has 0 fully saturated rings. The lowest BCUT2D eigenvalue weighted by atomic mass is 9.92. The molecule has 0 N–H and O–H groups in total. The molecule has 2 heteroatoms. The van der Waals surface area contributed by atoms with Crippen LogP contribution in [0.3, 0.4) is 0 Å². The van der Waals surface area contributed by atoms with E-state index >= 15 is 0 Å². The first-order valence-corrected chi connectivity index (χ1v) is 19.8. The quantitative estimate of drug-likeness (QED) is 0.151. The Balaban J connectivity index is 1.14. The molecule has 0 aliphatic carbocycles. The van der Waals surface area contributed by atoms with Gasteiger partial charge in [-0.05, 0) is 91.5 Å². The summed E-state index contributed by atoms with van der Waals surface area (Å²) in [6.45, 7) is 0. The summed E-state index contributed by atoms with van der Waals surface area (Å²) >= 11 is 0. The van der Waals surface area contributed by atoms with Crippen LogP contribution in [0.5, 0.6) is 0 Å². The van der Waals surface area contributed by atoms with Gasteiger partial charge in [0, 0.05) is 33.1 Å². The standard InChI is InChI=1S/C56H37NO/c1-4-14-38(15-5-1)40-24-26-41(27-25-40)43-30-34-46(35-31-43)57(45-32-28-42(29-33-45)39-16-6-2-7-17-39)51-36-37-52-55(53(51)44-18-8-3-9-19-44)54-49-22-12-10-20-47(49)48-21-11-13-23-50(48)56(54)58-52/h1-37H. The lowest BCUT2D eigenvalue weighted by Crippen LogP contribution is -2.11. The van der Waals surface area contributed by atoms with Crippen LogP contribution in [-0.2, 0) is 0 Å². The summed E-state index contributed by atoms with van der Waals surface area (Å²) in [4.78, 5) is 2.40. The number of nitrogens with zero attached hydrogens (tertiary/aromatic N) is 1. The Morgan fingerprint density at radius 1 is 0.276 bits per heavy atom. The average molecular weight is 740 g/mol. The van der Waals surface area contributed by atoms with Crippen molar-refractivity contribution in [2.75, 3.05) is 4.90 Å². The molecule has 0 saturated heterocycles. The van der Waals surface area contributed by atoms with Crippen LogP contribution >= 0.6 is 0 Å². The summed E-state index contributed by atoms with van der Waals surface area (Å²) in [6, 6.07) is 80.5. The van der Waals surface area contributed by atoms with E-state index in [0.29, 0.717) is 0 Å². The van der Waals surface area contributed by atoms with E-state index in [0.717, 1.165) is 55.5 Å². The van der Waals surface area contributed by atoms with Gasteiger partial charge in [-0.3, -0.25) is 0 Å². The van der Waals surface area contributed by atoms with Crippen molar-refractivity contribution < 1.29 is 4.42 Å². The molecule has 11 rings (SSSR count). The lowest BCUT2D eigenvalue weighted by Gasteiger charge is -2.28. The van der Waals surface area contributed by atoms with Crippen molar-refractivity contribution in [1.29, 1.82) is 0 Å². The Labute approximate surface area is 337 Å². The van der Waals surface area contributed by atoms with Crippen molar-refractivity contribution in [3.63, 3.8) is 0 Å². The van der Waals surface area contributed by atoms with Crippen LogP contribution in [-0.4, -0.2) is 0 Å². The van der Waals surface area contributed by atoms with E-state index in [1.54, 1.807) is 0 Å². The maximum Gasteiger partial charge on any atom is 0.143 e. The first-order chi connectivity index (χ1) is 28.8. The normalized spacial score (nSPS) is 11.4. The maximum absolute atomic E-state index is 6.93. The molecule has 0 spiro atoms. The molecule has 0 aliphatic heterocycles. The van der Waals surface area contributed by atoms with Gasteiger partial charge < -0.3 is 9.32 Å². The van der Waals surface area contributed by atoms with Crippen LogP contribution in [0.15, 0.2) is 229 Å². The van der Waals surface area contributed by atoms with Crippen LogP contribution in [0.1, 0.15) is 0 Å². The third-order valence-corrected chi connectivity index (χ3v) is 11.5. The highest BCUT2D eigenvalue weighted by Gasteiger charge is 2.25. The molecule has 0 bridgehead atoms. The minimum Gasteiger partial charge on any atom is -0.455 e. The lowest BCUT2D eigenvalue weighted by molar-refractivity contribution is 0.673. The Bertz CT molecular complexity index is 3220. The molecule has 0 amide bonds. The van der Waals surface area contributed by atoms with Crippen LogP contribution in [0.25, 0.3) is 88.0 Å². The molecule has 0 atom stereocenters. The number of hydrogen-bond donors (Lipinski definition) is 0. The summed E-state index contributed by atoms with van der Waals surface area (Å²) in [5, 5.41) is 6.97. The summed E-state index contributed by atoms with van der Waals surface area (Å²) in [5.74, 6) is 0. The molecule has 58 heavy (non-hydrogen) atoms. The van der Waals surface area contributed by atoms with Gasteiger partial charge in [0.2, 0.25) is 0 Å². The van der Waals surface area contributed by atoms with Crippen molar-refractivity contribution in [3.8, 4) is 44.5 Å². The third-order valence-electron chi connectivity index (χ3n) is 11.5.